The molecule has 0 aliphatic heterocycles. The maximum Gasteiger partial charge on any atom is 0.216 e. The van der Waals surface area contributed by atoms with E-state index in [9.17, 15) is 8.42 Å². The van der Waals surface area contributed by atoms with Crippen LogP contribution in [0.5, 0.6) is 0 Å². The third-order valence-corrected chi connectivity index (χ3v) is 3.98. The molecule has 2 rings (SSSR count). The highest BCUT2D eigenvalue weighted by atomic mass is 32.2. The van der Waals surface area contributed by atoms with Gasteiger partial charge in [-0.1, -0.05) is 29.4 Å². The van der Waals surface area contributed by atoms with Crippen molar-refractivity contribution in [2.75, 3.05) is 7.05 Å². The standard InChI is InChI=1S/C13H17N3O3S/c1-14-8-11-3-2-4-12(7-11)10-20(17,18)16-9-13-5-6-15-19-13/h2-7,14,16H,8-10H2,1H3. The highest BCUT2D eigenvalue weighted by Gasteiger charge is 2.12. The molecule has 0 saturated carbocycles. The fourth-order valence-electron chi connectivity index (χ4n) is 1.82. The Morgan fingerprint density at radius 2 is 2.00 bits per heavy atom. The van der Waals surface area contributed by atoms with E-state index in [1.807, 2.05) is 25.2 Å². The number of sulfonamides is 1. The second kappa shape index (κ2) is 6.65. The minimum Gasteiger partial charge on any atom is -0.360 e. The van der Waals surface area contributed by atoms with Gasteiger partial charge in [-0.05, 0) is 18.2 Å². The fourth-order valence-corrected chi connectivity index (χ4v) is 2.90. The van der Waals surface area contributed by atoms with Gasteiger partial charge in [0.1, 0.15) is 0 Å². The summed E-state index contributed by atoms with van der Waals surface area (Å²) in [4.78, 5) is 0. The molecule has 0 bridgehead atoms. The molecule has 1 aromatic carbocycles. The number of hydrogen-bond donors (Lipinski definition) is 2. The van der Waals surface area contributed by atoms with Crippen molar-refractivity contribution in [3.8, 4) is 0 Å². The van der Waals surface area contributed by atoms with Crippen molar-refractivity contribution in [2.45, 2.75) is 18.8 Å². The lowest BCUT2D eigenvalue weighted by molar-refractivity contribution is 0.380. The maximum absolute atomic E-state index is 12.0. The van der Waals surface area contributed by atoms with E-state index in [1.165, 1.54) is 6.20 Å². The number of nitrogens with zero attached hydrogens (tertiary/aromatic N) is 1. The van der Waals surface area contributed by atoms with Crippen LogP contribution in [0, 0.1) is 0 Å². The van der Waals surface area contributed by atoms with Crippen molar-refractivity contribution in [2.24, 2.45) is 0 Å². The summed E-state index contributed by atoms with van der Waals surface area (Å²) in [6.07, 6.45) is 1.48. The summed E-state index contributed by atoms with van der Waals surface area (Å²) < 4.78 is 31.3. The first-order chi connectivity index (χ1) is 9.59. The van der Waals surface area contributed by atoms with E-state index in [4.69, 9.17) is 4.52 Å². The first-order valence-electron chi connectivity index (χ1n) is 6.18. The molecule has 0 amide bonds. The van der Waals surface area contributed by atoms with Crippen molar-refractivity contribution >= 4 is 10.0 Å². The van der Waals surface area contributed by atoms with Gasteiger partial charge in [0.05, 0.1) is 18.5 Å². The lowest BCUT2D eigenvalue weighted by Crippen LogP contribution is -2.24. The molecule has 0 aliphatic carbocycles. The zero-order chi connectivity index (χ0) is 14.4. The Morgan fingerprint density at radius 1 is 1.20 bits per heavy atom. The van der Waals surface area contributed by atoms with Crippen LogP contribution < -0.4 is 10.0 Å². The SMILES string of the molecule is CNCc1cccc(CS(=O)(=O)NCc2ccno2)c1. The minimum atomic E-state index is -3.40. The molecule has 20 heavy (non-hydrogen) atoms. The van der Waals surface area contributed by atoms with Gasteiger partial charge >= 0.3 is 0 Å². The molecule has 2 aromatic rings. The van der Waals surface area contributed by atoms with Gasteiger partial charge in [0.15, 0.2) is 5.76 Å². The molecule has 108 valence electrons. The Kier molecular flexibility index (Phi) is 4.89. The third kappa shape index (κ3) is 4.44. The van der Waals surface area contributed by atoms with Crippen molar-refractivity contribution in [3.63, 3.8) is 0 Å². The topological polar surface area (TPSA) is 84.2 Å². The van der Waals surface area contributed by atoms with Crippen LogP contribution in [0.4, 0.5) is 0 Å². The second-order valence-corrected chi connectivity index (χ2v) is 6.22. The van der Waals surface area contributed by atoms with E-state index in [2.05, 4.69) is 15.2 Å². The van der Waals surface area contributed by atoms with E-state index in [0.29, 0.717) is 12.3 Å². The van der Waals surface area contributed by atoms with Crippen LogP contribution in [-0.4, -0.2) is 20.6 Å². The summed E-state index contributed by atoms with van der Waals surface area (Å²) in [7, 11) is -1.55. The molecule has 0 unspecified atom stereocenters. The summed E-state index contributed by atoms with van der Waals surface area (Å²) in [5.74, 6) is 0.427. The maximum atomic E-state index is 12.0. The molecule has 0 spiro atoms. The van der Waals surface area contributed by atoms with E-state index in [0.717, 1.165) is 11.1 Å². The monoisotopic (exact) mass is 295 g/mol. The summed E-state index contributed by atoms with van der Waals surface area (Å²) in [6, 6.07) is 9.11. The van der Waals surface area contributed by atoms with E-state index >= 15 is 0 Å². The molecule has 0 fully saturated rings. The minimum absolute atomic E-state index is 0.0569. The number of benzene rings is 1. The van der Waals surface area contributed by atoms with Gasteiger partial charge in [-0.25, -0.2) is 13.1 Å². The lowest BCUT2D eigenvalue weighted by atomic mass is 10.1. The van der Waals surface area contributed by atoms with E-state index in [1.54, 1.807) is 12.1 Å². The van der Waals surface area contributed by atoms with Gasteiger partial charge in [0, 0.05) is 12.6 Å². The Bertz CT molecular complexity index is 639. The quantitative estimate of drug-likeness (QED) is 0.796. The van der Waals surface area contributed by atoms with Crippen molar-refractivity contribution in [1.82, 2.24) is 15.2 Å². The van der Waals surface area contributed by atoms with Gasteiger partial charge in [-0.3, -0.25) is 0 Å². The molecular formula is C13H17N3O3S. The van der Waals surface area contributed by atoms with Gasteiger partial charge in [0.25, 0.3) is 0 Å². The number of nitrogens with one attached hydrogen (secondary N) is 2. The number of aromatic nitrogens is 1. The summed E-state index contributed by atoms with van der Waals surface area (Å²) in [5, 5.41) is 6.56. The smallest absolute Gasteiger partial charge is 0.216 e. The zero-order valence-electron chi connectivity index (χ0n) is 11.2. The van der Waals surface area contributed by atoms with Gasteiger partial charge < -0.3 is 9.84 Å². The molecule has 2 N–H and O–H groups in total. The van der Waals surface area contributed by atoms with Crippen LogP contribution in [0.2, 0.25) is 0 Å². The van der Waals surface area contributed by atoms with Crippen LogP contribution in [0.25, 0.3) is 0 Å². The van der Waals surface area contributed by atoms with Crippen LogP contribution in [-0.2, 0) is 28.9 Å². The first-order valence-corrected chi connectivity index (χ1v) is 7.83. The summed E-state index contributed by atoms with van der Waals surface area (Å²) >= 11 is 0. The van der Waals surface area contributed by atoms with Crippen molar-refractivity contribution in [1.29, 1.82) is 0 Å². The van der Waals surface area contributed by atoms with Crippen molar-refractivity contribution in [3.05, 3.63) is 53.4 Å². The van der Waals surface area contributed by atoms with Crippen LogP contribution in [0.1, 0.15) is 16.9 Å². The summed E-state index contributed by atoms with van der Waals surface area (Å²) in [5.41, 5.74) is 1.80. The molecular weight excluding hydrogens is 278 g/mol. The van der Waals surface area contributed by atoms with Gasteiger partial charge in [-0.2, -0.15) is 0 Å². The van der Waals surface area contributed by atoms with Gasteiger partial charge in [-0.15, -0.1) is 0 Å². The predicted octanol–water partition coefficient (Wildman–Crippen LogP) is 1.01. The van der Waals surface area contributed by atoms with E-state index in [-0.39, 0.29) is 12.3 Å². The third-order valence-electron chi connectivity index (χ3n) is 2.69. The number of hydrogen-bond acceptors (Lipinski definition) is 5. The average molecular weight is 295 g/mol. The Morgan fingerprint density at radius 3 is 2.70 bits per heavy atom. The predicted molar refractivity (Wildman–Crippen MR) is 75.2 cm³/mol. The zero-order valence-corrected chi connectivity index (χ0v) is 12.0. The molecule has 1 heterocycles. The van der Waals surface area contributed by atoms with Crippen molar-refractivity contribution < 1.29 is 12.9 Å². The molecule has 6 nitrogen and oxygen atoms in total. The highest BCUT2D eigenvalue weighted by Crippen LogP contribution is 2.09. The van der Waals surface area contributed by atoms with E-state index < -0.39 is 10.0 Å². The first kappa shape index (κ1) is 14.7. The lowest BCUT2D eigenvalue weighted by Gasteiger charge is -2.07. The largest absolute Gasteiger partial charge is 0.360 e. The summed E-state index contributed by atoms with van der Waals surface area (Å²) in [6.45, 7) is 0.817. The molecule has 7 heteroatoms. The second-order valence-electron chi connectivity index (χ2n) is 4.41. The molecule has 0 saturated heterocycles. The Balaban J connectivity index is 1.98. The normalized spacial score (nSPS) is 11.7. The van der Waals surface area contributed by atoms with Crippen LogP contribution >= 0.6 is 0 Å². The van der Waals surface area contributed by atoms with Gasteiger partial charge in [0.2, 0.25) is 10.0 Å². The van der Waals surface area contributed by atoms with Crippen LogP contribution in [0.15, 0.2) is 41.1 Å². The van der Waals surface area contributed by atoms with Crippen LogP contribution in [0.3, 0.4) is 0 Å². The molecule has 0 aliphatic rings. The Hall–Kier alpha value is -1.70. The molecule has 0 atom stereocenters. The number of rotatable bonds is 7. The Labute approximate surface area is 118 Å². The molecule has 0 radical (unpaired) electrons. The highest BCUT2D eigenvalue weighted by molar-refractivity contribution is 7.88. The molecule has 1 aromatic heterocycles. The average Bonchev–Trinajstić information content (AvgIpc) is 2.90. The fraction of sp³-hybridized carbons (Fsp3) is 0.308.